The SMILES string of the molecule is Cc1ccc(C)c(NC(=O)c2cc(C)n3c2CCC3)c1. The fraction of sp³-hybridized carbons (Fsp3) is 0.353. The molecule has 0 spiro atoms. The number of carbonyl (C=O) groups excluding carboxylic acids is 1. The number of hydrogen-bond donors (Lipinski definition) is 1. The van der Waals surface area contributed by atoms with Crippen LogP contribution in [0.3, 0.4) is 0 Å². The molecule has 0 saturated heterocycles. The van der Waals surface area contributed by atoms with Crippen LogP contribution in [0, 0.1) is 20.8 Å². The minimum atomic E-state index is 0.0115. The Morgan fingerprint density at radius 1 is 1.20 bits per heavy atom. The van der Waals surface area contributed by atoms with E-state index >= 15 is 0 Å². The Hall–Kier alpha value is -2.03. The van der Waals surface area contributed by atoms with Crippen molar-refractivity contribution >= 4 is 11.6 Å². The summed E-state index contributed by atoms with van der Waals surface area (Å²) in [5.74, 6) is 0.0115. The summed E-state index contributed by atoms with van der Waals surface area (Å²) in [4.78, 5) is 12.5. The van der Waals surface area contributed by atoms with Crippen molar-refractivity contribution in [3.8, 4) is 0 Å². The number of hydrogen-bond acceptors (Lipinski definition) is 1. The smallest absolute Gasteiger partial charge is 0.257 e. The van der Waals surface area contributed by atoms with E-state index < -0.39 is 0 Å². The van der Waals surface area contributed by atoms with E-state index in [1.807, 2.05) is 32.0 Å². The van der Waals surface area contributed by atoms with Crippen LogP contribution in [0.25, 0.3) is 0 Å². The number of aromatic nitrogens is 1. The molecule has 3 rings (SSSR count). The van der Waals surface area contributed by atoms with Crippen molar-refractivity contribution in [1.82, 2.24) is 4.57 Å². The number of rotatable bonds is 2. The van der Waals surface area contributed by atoms with Crippen molar-refractivity contribution in [2.24, 2.45) is 0 Å². The standard InChI is InChI=1S/C17H20N2O/c1-11-6-7-12(2)15(9-11)18-17(20)14-10-13(3)19-8-4-5-16(14)19/h6-7,9-10H,4-5,8H2,1-3H3,(H,18,20). The van der Waals surface area contributed by atoms with E-state index in [1.165, 1.54) is 11.4 Å². The molecule has 1 N–H and O–H groups in total. The second-order valence-electron chi connectivity index (χ2n) is 5.67. The van der Waals surface area contributed by atoms with Gasteiger partial charge in [-0.3, -0.25) is 4.79 Å². The van der Waals surface area contributed by atoms with Gasteiger partial charge in [0.2, 0.25) is 0 Å². The van der Waals surface area contributed by atoms with Gasteiger partial charge in [-0.1, -0.05) is 12.1 Å². The van der Waals surface area contributed by atoms with Gasteiger partial charge in [-0.25, -0.2) is 0 Å². The second kappa shape index (κ2) is 4.82. The van der Waals surface area contributed by atoms with Crippen molar-refractivity contribution in [3.05, 3.63) is 52.3 Å². The van der Waals surface area contributed by atoms with Crippen LogP contribution in [0.4, 0.5) is 5.69 Å². The molecular formula is C17H20N2O. The van der Waals surface area contributed by atoms with Crippen molar-refractivity contribution in [3.63, 3.8) is 0 Å². The maximum Gasteiger partial charge on any atom is 0.257 e. The van der Waals surface area contributed by atoms with Gasteiger partial charge in [0, 0.05) is 23.6 Å². The summed E-state index contributed by atoms with van der Waals surface area (Å²) >= 11 is 0. The average Bonchev–Trinajstić information content (AvgIpc) is 2.98. The number of amides is 1. The highest BCUT2D eigenvalue weighted by Crippen LogP contribution is 2.25. The summed E-state index contributed by atoms with van der Waals surface area (Å²) in [6.45, 7) is 7.17. The van der Waals surface area contributed by atoms with Crippen molar-refractivity contribution in [2.75, 3.05) is 5.32 Å². The zero-order chi connectivity index (χ0) is 14.3. The fourth-order valence-electron chi connectivity index (χ4n) is 2.97. The predicted molar refractivity (Wildman–Crippen MR) is 81.4 cm³/mol. The predicted octanol–water partition coefficient (Wildman–Crippen LogP) is 3.61. The molecular weight excluding hydrogens is 248 g/mol. The van der Waals surface area contributed by atoms with Gasteiger partial charge in [0.1, 0.15) is 0 Å². The topological polar surface area (TPSA) is 34.0 Å². The van der Waals surface area contributed by atoms with Crippen LogP contribution < -0.4 is 5.32 Å². The number of carbonyl (C=O) groups is 1. The number of fused-ring (bicyclic) bond motifs is 1. The third-order valence-electron chi connectivity index (χ3n) is 4.10. The van der Waals surface area contributed by atoms with E-state index in [1.54, 1.807) is 0 Å². The first-order valence-corrected chi connectivity index (χ1v) is 7.14. The van der Waals surface area contributed by atoms with Crippen molar-refractivity contribution in [2.45, 2.75) is 40.2 Å². The summed E-state index contributed by atoms with van der Waals surface area (Å²) in [7, 11) is 0. The summed E-state index contributed by atoms with van der Waals surface area (Å²) < 4.78 is 2.26. The molecule has 2 heterocycles. The molecule has 20 heavy (non-hydrogen) atoms. The van der Waals surface area contributed by atoms with Gasteiger partial charge in [0.15, 0.2) is 0 Å². The van der Waals surface area contributed by atoms with Crippen LogP contribution in [0.2, 0.25) is 0 Å². The maximum atomic E-state index is 12.5. The second-order valence-corrected chi connectivity index (χ2v) is 5.67. The van der Waals surface area contributed by atoms with Gasteiger partial charge in [0.05, 0.1) is 5.56 Å². The van der Waals surface area contributed by atoms with Gasteiger partial charge in [-0.05, 0) is 56.9 Å². The van der Waals surface area contributed by atoms with Gasteiger partial charge in [-0.2, -0.15) is 0 Å². The van der Waals surface area contributed by atoms with Crippen LogP contribution >= 0.6 is 0 Å². The van der Waals surface area contributed by atoms with E-state index in [4.69, 9.17) is 0 Å². The lowest BCUT2D eigenvalue weighted by atomic mass is 10.1. The van der Waals surface area contributed by atoms with Crippen LogP contribution in [-0.4, -0.2) is 10.5 Å². The van der Waals surface area contributed by atoms with E-state index in [0.29, 0.717) is 0 Å². The first kappa shape index (κ1) is 13.0. The maximum absolute atomic E-state index is 12.5. The van der Waals surface area contributed by atoms with E-state index in [2.05, 4.69) is 22.9 Å². The Morgan fingerprint density at radius 2 is 2.00 bits per heavy atom. The first-order chi connectivity index (χ1) is 9.56. The fourth-order valence-corrected chi connectivity index (χ4v) is 2.97. The Labute approximate surface area is 119 Å². The van der Waals surface area contributed by atoms with Gasteiger partial charge in [0.25, 0.3) is 5.91 Å². The summed E-state index contributed by atoms with van der Waals surface area (Å²) in [5.41, 5.74) is 6.36. The molecule has 1 amide bonds. The molecule has 3 heteroatoms. The number of aryl methyl sites for hydroxylation is 3. The van der Waals surface area contributed by atoms with E-state index in [-0.39, 0.29) is 5.91 Å². The molecule has 1 aliphatic rings. The molecule has 1 aliphatic heterocycles. The van der Waals surface area contributed by atoms with Crippen LogP contribution in [0.1, 0.15) is 39.3 Å². The van der Waals surface area contributed by atoms with Gasteiger partial charge < -0.3 is 9.88 Å². The van der Waals surface area contributed by atoms with Crippen LogP contribution in [0.15, 0.2) is 24.3 Å². The Bertz CT molecular complexity index is 683. The molecule has 3 nitrogen and oxygen atoms in total. The normalized spacial score (nSPS) is 13.3. The summed E-state index contributed by atoms with van der Waals surface area (Å²) in [5, 5.41) is 3.06. The van der Waals surface area contributed by atoms with Crippen LogP contribution in [0.5, 0.6) is 0 Å². The molecule has 2 aromatic rings. The molecule has 104 valence electrons. The zero-order valence-electron chi connectivity index (χ0n) is 12.3. The minimum Gasteiger partial charge on any atom is -0.348 e. The molecule has 1 aromatic carbocycles. The first-order valence-electron chi connectivity index (χ1n) is 7.14. The van der Waals surface area contributed by atoms with Gasteiger partial charge >= 0.3 is 0 Å². The third-order valence-corrected chi connectivity index (χ3v) is 4.10. The number of anilines is 1. The number of nitrogens with one attached hydrogen (secondary N) is 1. The average molecular weight is 268 g/mol. The van der Waals surface area contributed by atoms with Gasteiger partial charge in [-0.15, -0.1) is 0 Å². The lowest BCUT2D eigenvalue weighted by molar-refractivity contribution is 0.102. The molecule has 0 fully saturated rings. The lowest BCUT2D eigenvalue weighted by Gasteiger charge is -2.09. The zero-order valence-corrected chi connectivity index (χ0v) is 12.3. The van der Waals surface area contributed by atoms with E-state index in [0.717, 1.165) is 41.8 Å². The third kappa shape index (κ3) is 2.13. The number of nitrogens with zero attached hydrogens (tertiary/aromatic N) is 1. The summed E-state index contributed by atoms with van der Waals surface area (Å²) in [6.07, 6.45) is 2.14. The lowest BCUT2D eigenvalue weighted by Crippen LogP contribution is -2.14. The van der Waals surface area contributed by atoms with E-state index in [9.17, 15) is 4.79 Å². The molecule has 0 bridgehead atoms. The molecule has 0 atom stereocenters. The molecule has 0 aliphatic carbocycles. The Balaban J connectivity index is 1.90. The quantitative estimate of drug-likeness (QED) is 0.887. The molecule has 0 unspecified atom stereocenters. The highest BCUT2D eigenvalue weighted by molar-refractivity contribution is 6.05. The number of benzene rings is 1. The van der Waals surface area contributed by atoms with Crippen LogP contribution in [-0.2, 0) is 13.0 Å². The van der Waals surface area contributed by atoms with Crippen molar-refractivity contribution in [1.29, 1.82) is 0 Å². The highest BCUT2D eigenvalue weighted by atomic mass is 16.1. The Kier molecular flexibility index (Phi) is 3.13. The summed E-state index contributed by atoms with van der Waals surface area (Å²) in [6, 6.07) is 8.14. The monoisotopic (exact) mass is 268 g/mol. The largest absolute Gasteiger partial charge is 0.348 e. The van der Waals surface area contributed by atoms with Crippen molar-refractivity contribution < 1.29 is 4.79 Å². The Morgan fingerprint density at radius 3 is 2.80 bits per heavy atom. The molecule has 1 aromatic heterocycles. The minimum absolute atomic E-state index is 0.0115. The molecule has 0 saturated carbocycles. The molecule has 0 radical (unpaired) electrons. The highest BCUT2D eigenvalue weighted by Gasteiger charge is 2.22.